The highest BCUT2D eigenvalue weighted by Gasteiger charge is 2.20. The van der Waals surface area contributed by atoms with Gasteiger partial charge in [-0.05, 0) is 36.2 Å². The molecule has 5 nitrogen and oxygen atoms in total. The summed E-state index contributed by atoms with van der Waals surface area (Å²) in [6.45, 7) is 1.36. The number of pyridine rings is 1. The molecular formula is C17H16ClN3O2. The SMILES string of the molecule is O=C(Nc1cccc(CN2CCCC2=O)c1)c1cccnc1Cl. The second-order valence-corrected chi connectivity index (χ2v) is 5.77. The van der Waals surface area contributed by atoms with E-state index in [4.69, 9.17) is 11.6 Å². The Bertz CT molecular complexity index is 748. The molecule has 2 amide bonds. The third-order valence-corrected chi connectivity index (χ3v) is 4.03. The van der Waals surface area contributed by atoms with E-state index >= 15 is 0 Å². The van der Waals surface area contributed by atoms with Gasteiger partial charge in [-0.1, -0.05) is 23.7 Å². The average molecular weight is 330 g/mol. The van der Waals surface area contributed by atoms with Crippen LogP contribution in [0.5, 0.6) is 0 Å². The summed E-state index contributed by atoms with van der Waals surface area (Å²) in [6, 6.07) is 10.8. The van der Waals surface area contributed by atoms with Crippen molar-refractivity contribution in [3.8, 4) is 0 Å². The van der Waals surface area contributed by atoms with E-state index in [1.54, 1.807) is 18.2 Å². The molecule has 1 N–H and O–H groups in total. The van der Waals surface area contributed by atoms with E-state index in [1.807, 2.05) is 23.1 Å². The molecule has 1 fully saturated rings. The second kappa shape index (κ2) is 6.79. The number of halogens is 1. The van der Waals surface area contributed by atoms with Gasteiger partial charge < -0.3 is 10.2 Å². The largest absolute Gasteiger partial charge is 0.338 e. The Balaban J connectivity index is 1.71. The molecule has 1 aromatic heterocycles. The van der Waals surface area contributed by atoms with E-state index in [2.05, 4.69) is 10.3 Å². The summed E-state index contributed by atoms with van der Waals surface area (Å²) in [5.74, 6) is -0.126. The van der Waals surface area contributed by atoms with Crippen LogP contribution in [0.15, 0.2) is 42.6 Å². The van der Waals surface area contributed by atoms with Crippen molar-refractivity contribution < 1.29 is 9.59 Å². The highest BCUT2D eigenvalue weighted by Crippen LogP contribution is 2.19. The third-order valence-electron chi connectivity index (χ3n) is 3.73. The average Bonchev–Trinajstić information content (AvgIpc) is 2.93. The lowest BCUT2D eigenvalue weighted by molar-refractivity contribution is -0.128. The highest BCUT2D eigenvalue weighted by molar-refractivity contribution is 6.33. The minimum Gasteiger partial charge on any atom is -0.338 e. The molecule has 3 rings (SSSR count). The van der Waals surface area contributed by atoms with E-state index in [9.17, 15) is 9.59 Å². The number of hydrogen-bond donors (Lipinski definition) is 1. The zero-order valence-electron chi connectivity index (χ0n) is 12.5. The Morgan fingerprint density at radius 3 is 2.91 bits per heavy atom. The molecule has 0 saturated carbocycles. The lowest BCUT2D eigenvalue weighted by Gasteiger charge is -2.16. The van der Waals surface area contributed by atoms with Crippen LogP contribution in [0.3, 0.4) is 0 Å². The summed E-state index contributed by atoms with van der Waals surface area (Å²) < 4.78 is 0. The lowest BCUT2D eigenvalue weighted by Crippen LogP contribution is -2.23. The molecular weight excluding hydrogens is 314 g/mol. The molecule has 1 aliphatic rings. The smallest absolute Gasteiger partial charge is 0.258 e. The third kappa shape index (κ3) is 3.68. The van der Waals surface area contributed by atoms with Crippen LogP contribution >= 0.6 is 11.6 Å². The van der Waals surface area contributed by atoms with Gasteiger partial charge in [0.15, 0.2) is 0 Å². The lowest BCUT2D eigenvalue weighted by atomic mass is 10.2. The number of hydrogen-bond acceptors (Lipinski definition) is 3. The van der Waals surface area contributed by atoms with Gasteiger partial charge in [0.1, 0.15) is 5.15 Å². The summed E-state index contributed by atoms with van der Waals surface area (Å²) in [6.07, 6.45) is 3.07. The first-order valence-corrected chi connectivity index (χ1v) is 7.80. The predicted octanol–water partition coefficient (Wildman–Crippen LogP) is 3.11. The van der Waals surface area contributed by atoms with Gasteiger partial charge in [-0.25, -0.2) is 4.98 Å². The van der Waals surface area contributed by atoms with Gasteiger partial charge in [0.05, 0.1) is 5.56 Å². The number of anilines is 1. The number of benzene rings is 1. The summed E-state index contributed by atoms with van der Waals surface area (Å²) in [7, 11) is 0. The van der Waals surface area contributed by atoms with Crippen molar-refractivity contribution in [1.82, 2.24) is 9.88 Å². The van der Waals surface area contributed by atoms with Gasteiger partial charge in [-0.15, -0.1) is 0 Å². The first-order chi connectivity index (χ1) is 11.1. The van der Waals surface area contributed by atoms with Crippen LogP contribution in [0.1, 0.15) is 28.8 Å². The highest BCUT2D eigenvalue weighted by atomic mass is 35.5. The van der Waals surface area contributed by atoms with Crippen molar-refractivity contribution >= 4 is 29.1 Å². The van der Waals surface area contributed by atoms with Crippen LogP contribution < -0.4 is 5.32 Å². The van der Waals surface area contributed by atoms with Gasteiger partial charge in [0.2, 0.25) is 5.91 Å². The number of carbonyl (C=O) groups excluding carboxylic acids is 2. The van der Waals surface area contributed by atoms with E-state index in [-0.39, 0.29) is 17.0 Å². The fourth-order valence-electron chi connectivity index (χ4n) is 2.59. The number of likely N-dealkylation sites (tertiary alicyclic amines) is 1. The second-order valence-electron chi connectivity index (χ2n) is 5.42. The maximum atomic E-state index is 12.2. The van der Waals surface area contributed by atoms with Crippen LogP contribution in [-0.4, -0.2) is 28.2 Å². The van der Waals surface area contributed by atoms with Crippen molar-refractivity contribution in [2.75, 3.05) is 11.9 Å². The predicted molar refractivity (Wildman–Crippen MR) is 88.3 cm³/mol. The number of rotatable bonds is 4. The molecule has 1 aliphatic heterocycles. The number of nitrogens with zero attached hydrogens (tertiary/aromatic N) is 2. The number of amides is 2. The number of carbonyl (C=O) groups is 2. The fourth-order valence-corrected chi connectivity index (χ4v) is 2.80. The minimum atomic E-state index is -0.308. The number of aromatic nitrogens is 1. The zero-order chi connectivity index (χ0) is 16.2. The Morgan fingerprint density at radius 1 is 1.30 bits per heavy atom. The van der Waals surface area contributed by atoms with Crippen LogP contribution in [0.2, 0.25) is 5.15 Å². The molecule has 23 heavy (non-hydrogen) atoms. The van der Waals surface area contributed by atoms with E-state index in [0.717, 1.165) is 18.5 Å². The molecule has 0 spiro atoms. The summed E-state index contributed by atoms with van der Waals surface area (Å²) in [4.78, 5) is 29.7. The molecule has 1 aromatic carbocycles. The summed E-state index contributed by atoms with van der Waals surface area (Å²) >= 11 is 5.93. The quantitative estimate of drug-likeness (QED) is 0.877. The van der Waals surface area contributed by atoms with Gasteiger partial charge in [0.25, 0.3) is 5.91 Å². The van der Waals surface area contributed by atoms with Crippen LogP contribution in [0, 0.1) is 0 Å². The molecule has 0 aliphatic carbocycles. The van der Waals surface area contributed by atoms with E-state index in [0.29, 0.717) is 24.2 Å². The van der Waals surface area contributed by atoms with Gasteiger partial charge in [-0.2, -0.15) is 0 Å². The standard InChI is InChI=1S/C17H16ClN3O2/c18-16-14(6-2-8-19-16)17(23)20-13-5-1-4-12(10-13)11-21-9-3-7-15(21)22/h1-2,4-6,8,10H,3,7,9,11H2,(H,20,23). The van der Waals surface area contributed by atoms with Crippen LogP contribution in [-0.2, 0) is 11.3 Å². The summed E-state index contributed by atoms with van der Waals surface area (Å²) in [5, 5.41) is 2.98. The molecule has 2 heterocycles. The van der Waals surface area contributed by atoms with Crippen LogP contribution in [0.4, 0.5) is 5.69 Å². The Morgan fingerprint density at radius 2 is 2.17 bits per heavy atom. The van der Waals surface area contributed by atoms with Crippen molar-refractivity contribution in [3.63, 3.8) is 0 Å². The van der Waals surface area contributed by atoms with Gasteiger partial charge >= 0.3 is 0 Å². The monoisotopic (exact) mass is 329 g/mol. The molecule has 0 unspecified atom stereocenters. The van der Waals surface area contributed by atoms with Crippen molar-refractivity contribution in [3.05, 3.63) is 58.9 Å². The van der Waals surface area contributed by atoms with Crippen LogP contribution in [0.25, 0.3) is 0 Å². The first-order valence-electron chi connectivity index (χ1n) is 7.42. The molecule has 118 valence electrons. The molecule has 6 heteroatoms. The maximum Gasteiger partial charge on any atom is 0.258 e. The normalized spacial score (nSPS) is 14.1. The van der Waals surface area contributed by atoms with Gasteiger partial charge in [-0.3, -0.25) is 9.59 Å². The van der Waals surface area contributed by atoms with E-state index < -0.39 is 0 Å². The Labute approximate surface area is 139 Å². The molecule has 2 aromatic rings. The molecule has 0 bridgehead atoms. The molecule has 0 atom stereocenters. The minimum absolute atomic E-state index is 0.170. The van der Waals surface area contributed by atoms with E-state index in [1.165, 1.54) is 6.20 Å². The fraction of sp³-hybridized carbons (Fsp3) is 0.235. The maximum absolute atomic E-state index is 12.2. The number of nitrogens with one attached hydrogen (secondary N) is 1. The van der Waals surface area contributed by atoms with Crippen molar-refractivity contribution in [2.24, 2.45) is 0 Å². The molecule has 0 radical (unpaired) electrons. The molecule has 1 saturated heterocycles. The first kappa shape index (κ1) is 15.5. The zero-order valence-corrected chi connectivity index (χ0v) is 13.2. The summed E-state index contributed by atoms with van der Waals surface area (Å²) in [5.41, 5.74) is 1.98. The van der Waals surface area contributed by atoms with Crippen molar-refractivity contribution in [2.45, 2.75) is 19.4 Å². The van der Waals surface area contributed by atoms with Gasteiger partial charge in [0, 0.05) is 31.4 Å². The Kier molecular flexibility index (Phi) is 4.57. The topological polar surface area (TPSA) is 62.3 Å². The Hall–Kier alpha value is -2.40. The van der Waals surface area contributed by atoms with Crippen molar-refractivity contribution in [1.29, 1.82) is 0 Å².